The molecule has 0 saturated carbocycles. The first kappa shape index (κ1) is 18.6. The second kappa shape index (κ2) is 9.51. The first-order valence-corrected chi connectivity index (χ1v) is 9.30. The molecule has 128 valence electrons. The van der Waals surface area contributed by atoms with Crippen LogP contribution in [0.5, 0.6) is 0 Å². The molecule has 1 aliphatic rings. The van der Waals surface area contributed by atoms with Gasteiger partial charge in [0.15, 0.2) is 0 Å². The Hall–Kier alpha value is -0.770. The van der Waals surface area contributed by atoms with E-state index in [4.69, 9.17) is 23.2 Å². The zero-order chi connectivity index (χ0) is 16.7. The molecule has 2 rings (SSSR count). The van der Waals surface area contributed by atoms with Crippen molar-refractivity contribution in [3.8, 4) is 0 Å². The summed E-state index contributed by atoms with van der Waals surface area (Å²) in [4.78, 5) is 14.6. The van der Waals surface area contributed by atoms with Crippen LogP contribution in [0, 0.1) is 5.92 Å². The minimum Gasteiger partial charge on any atom is -0.356 e. The number of benzene rings is 1. The van der Waals surface area contributed by atoms with Gasteiger partial charge in [-0.1, -0.05) is 49.0 Å². The molecule has 1 amide bonds. The van der Waals surface area contributed by atoms with Crippen LogP contribution in [0.15, 0.2) is 18.2 Å². The normalized spacial score (nSPS) is 18.8. The van der Waals surface area contributed by atoms with E-state index in [0.717, 1.165) is 44.5 Å². The predicted molar refractivity (Wildman–Crippen MR) is 97.0 cm³/mol. The van der Waals surface area contributed by atoms with Gasteiger partial charge in [-0.2, -0.15) is 0 Å². The van der Waals surface area contributed by atoms with E-state index in [0.29, 0.717) is 16.6 Å². The van der Waals surface area contributed by atoms with Crippen LogP contribution < -0.4 is 5.32 Å². The van der Waals surface area contributed by atoms with E-state index in [1.165, 1.54) is 12.8 Å². The molecule has 5 heteroatoms. The highest BCUT2D eigenvalue weighted by atomic mass is 35.5. The Morgan fingerprint density at radius 3 is 2.74 bits per heavy atom. The summed E-state index contributed by atoms with van der Waals surface area (Å²) in [7, 11) is 0. The molecule has 1 N–H and O–H groups in total. The van der Waals surface area contributed by atoms with Crippen LogP contribution in [0.4, 0.5) is 0 Å². The molecule has 3 nitrogen and oxygen atoms in total. The second-order valence-corrected chi connectivity index (χ2v) is 7.09. The van der Waals surface area contributed by atoms with E-state index in [1.54, 1.807) is 0 Å². The topological polar surface area (TPSA) is 32.3 Å². The number of unbranched alkanes of at least 4 members (excludes halogenated alkanes) is 2. The van der Waals surface area contributed by atoms with Crippen LogP contribution in [0.1, 0.15) is 44.6 Å². The third-order valence-corrected chi connectivity index (χ3v) is 5.11. The summed E-state index contributed by atoms with van der Waals surface area (Å²) in [6.07, 6.45) is 5.41. The van der Waals surface area contributed by atoms with Crippen molar-refractivity contribution in [1.82, 2.24) is 10.2 Å². The van der Waals surface area contributed by atoms with Crippen LogP contribution in [0.25, 0.3) is 0 Å². The van der Waals surface area contributed by atoms with Crippen molar-refractivity contribution < 1.29 is 4.79 Å². The van der Waals surface area contributed by atoms with Gasteiger partial charge in [-0.05, 0) is 37.9 Å². The van der Waals surface area contributed by atoms with Crippen molar-refractivity contribution in [1.29, 1.82) is 0 Å². The number of piperidine rings is 1. The molecule has 0 aromatic heterocycles. The summed E-state index contributed by atoms with van der Waals surface area (Å²) in [6, 6.07) is 5.59. The van der Waals surface area contributed by atoms with Crippen molar-refractivity contribution >= 4 is 29.1 Å². The van der Waals surface area contributed by atoms with Gasteiger partial charge in [0.2, 0.25) is 5.91 Å². The van der Waals surface area contributed by atoms with Crippen LogP contribution >= 0.6 is 23.2 Å². The Labute approximate surface area is 149 Å². The molecular formula is C18H26Cl2N2O. The van der Waals surface area contributed by atoms with Crippen molar-refractivity contribution in [2.45, 2.75) is 45.6 Å². The molecule has 1 atom stereocenters. The van der Waals surface area contributed by atoms with Crippen molar-refractivity contribution in [3.05, 3.63) is 33.8 Å². The van der Waals surface area contributed by atoms with Gasteiger partial charge in [-0.15, -0.1) is 0 Å². The molecule has 1 aliphatic heterocycles. The molecular weight excluding hydrogens is 331 g/mol. The van der Waals surface area contributed by atoms with E-state index in [9.17, 15) is 4.79 Å². The third kappa shape index (κ3) is 5.66. The van der Waals surface area contributed by atoms with E-state index < -0.39 is 0 Å². The number of halogens is 2. The van der Waals surface area contributed by atoms with E-state index in [1.807, 2.05) is 18.2 Å². The molecule has 0 spiro atoms. The summed E-state index contributed by atoms with van der Waals surface area (Å²) < 4.78 is 0. The number of carbonyl (C=O) groups excluding carboxylic acids is 1. The first-order chi connectivity index (χ1) is 11.1. The van der Waals surface area contributed by atoms with E-state index >= 15 is 0 Å². The Bertz CT molecular complexity index is 501. The molecule has 1 fully saturated rings. The summed E-state index contributed by atoms with van der Waals surface area (Å²) in [5, 5.41) is 4.47. The number of hydrogen-bond acceptors (Lipinski definition) is 2. The summed E-state index contributed by atoms with van der Waals surface area (Å²) >= 11 is 12.5. The lowest BCUT2D eigenvalue weighted by molar-refractivity contribution is -0.126. The Kier molecular flexibility index (Phi) is 7.68. The van der Waals surface area contributed by atoms with Gasteiger partial charge >= 0.3 is 0 Å². The zero-order valence-electron chi connectivity index (χ0n) is 13.8. The molecule has 0 unspecified atom stereocenters. The second-order valence-electron chi connectivity index (χ2n) is 6.27. The molecule has 1 saturated heterocycles. The minimum atomic E-state index is 0.0756. The first-order valence-electron chi connectivity index (χ1n) is 8.54. The quantitative estimate of drug-likeness (QED) is 0.728. The van der Waals surface area contributed by atoms with E-state index in [2.05, 4.69) is 17.1 Å². The fourth-order valence-corrected chi connectivity index (χ4v) is 3.57. The lowest BCUT2D eigenvalue weighted by Gasteiger charge is -2.32. The SMILES string of the molecule is CCCCCNC(=O)[C@H]1CCCN(Cc2c(Cl)cccc2Cl)C1. The maximum atomic E-state index is 12.3. The Morgan fingerprint density at radius 1 is 1.30 bits per heavy atom. The third-order valence-electron chi connectivity index (χ3n) is 4.40. The number of rotatable bonds is 7. The van der Waals surface area contributed by atoms with Gasteiger partial charge in [0.1, 0.15) is 0 Å². The molecule has 1 aromatic carbocycles. The van der Waals surface area contributed by atoms with Crippen LogP contribution in [0.2, 0.25) is 10.0 Å². The maximum absolute atomic E-state index is 12.3. The zero-order valence-corrected chi connectivity index (χ0v) is 15.3. The Balaban J connectivity index is 1.87. The fraction of sp³-hybridized carbons (Fsp3) is 0.611. The van der Waals surface area contributed by atoms with Crippen LogP contribution in [0.3, 0.4) is 0 Å². The summed E-state index contributed by atoms with van der Waals surface area (Å²) in [5.74, 6) is 0.266. The highest BCUT2D eigenvalue weighted by Gasteiger charge is 2.26. The molecule has 0 bridgehead atoms. The molecule has 1 heterocycles. The van der Waals surface area contributed by atoms with Gasteiger partial charge in [0, 0.05) is 35.2 Å². The van der Waals surface area contributed by atoms with Crippen LogP contribution in [-0.4, -0.2) is 30.4 Å². The smallest absolute Gasteiger partial charge is 0.224 e. The average molecular weight is 357 g/mol. The lowest BCUT2D eigenvalue weighted by Crippen LogP contribution is -2.43. The fourth-order valence-electron chi connectivity index (χ4n) is 3.05. The minimum absolute atomic E-state index is 0.0756. The van der Waals surface area contributed by atoms with Gasteiger partial charge in [-0.25, -0.2) is 0 Å². The number of likely N-dealkylation sites (tertiary alicyclic amines) is 1. The van der Waals surface area contributed by atoms with Crippen molar-refractivity contribution in [2.24, 2.45) is 5.92 Å². The molecule has 0 aliphatic carbocycles. The van der Waals surface area contributed by atoms with E-state index in [-0.39, 0.29) is 11.8 Å². The lowest BCUT2D eigenvalue weighted by atomic mass is 9.96. The number of amides is 1. The number of nitrogens with zero attached hydrogens (tertiary/aromatic N) is 1. The monoisotopic (exact) mass is 356 g/mol. The molecule has 1 aromatic rings. The summed E-state index contributed by atoms with van der Waals surface area (Å²) in [5.41, 5.74) is 0.958. The standard InChI is InChI=1S/C18H26Cl2N2O/c1-2-3-4-10-21-18(23)14-7-6-11-22(12-14)13-15-16(19)8-5-9-17(15)20/h5,8-9,14H,2-4,6-7,10-13H2,1H3,(H,21,23)/t14-/m0/s1. The molecule has 0 radical (unpaired) electrons. The Morgan fingerprint density at radius 2 is 2.04 bits per heavy atom. The largest absolute Gasteiger partial charge is 0.356 e. The molecule has 23 heavy (non-hydrogen) atoms. The summed E-state index contributed by atoms with van der Waals surface area (Å²) in [6.45, 7) is 5.43. The maximum Gasteiger partial charge on any atom is 0.224 e. The number of carbonyl (C=O) groups is 1. The van der Waals surface area contributed by atoms with Gasteiger partial charge < -0.3 is 5.32 Å². The van der Waals surface area contributed by atoms with Gasteiger partial charge in [0.25, 0.3) is 0 Å². The van der Waals surface area contributed by atoms with Crippen molar-refractivity contribution in [3.63, 3.8) is 0 Å². The van der Waals surface area contributed by atoms with Crippen molar-refractivity contribution in [2.75, 3.05) is 19.6 Å². The highest BCUT2D eigenvalue weighted by molar-refractivity contribution is 6.35. The van der Waals surface area contributed by atoms with Gasteiger partial charge in [0.05, 0.1) is 5.92 Å². The number of nitrogens with one attached hydrogen (secondary N) is 1. The average Bonchev–Trinajstić information content (AvgIpc) is 2.55. The highest BCUT2D eigenvalue weighted by Crippen LogP contribution is 2.27. The number of hydrogen-bond donors (Lipinski definition) is 1. The van der Waals surface area contributed by atoms with Gasteiger partial charge in [-0.3, -0.25) is 9.69 Å². The van der Waals surface area contributed by atoms with Crippen LogP contribution in [-0.2, 0) is 11.3 Å². The predicted octanol–water partition coefficient (Wildman–Crippen LogP) is 4.51.